The topological polar surface area (TPSA) is 39.8 Å². The van der Waals surface area contributed by atoms with E-state index in [1.165, 1.54) is 11.3 Å². The molecule has 0 amide bonds. The lowest BCUT2D eigenvalue weighted by atomic mass is 10.2. The van der Waals surface area contributed by atoms with Gasteiger partial charge in [0.25, 0.3) is 5.56 Å². The monoisotopic (exact) mass is 459 g/mol. The van der Waals surface area contributed by atoms with Crippen LogP contribution in [-0.2, 0) is 6.54 Å². The molecule has 0 radical (unpaired) electrons. The molecule has 0 spiro atoms. The molecular weight excluding hydrogens is 442 g/mol. The molecule has 152 valence electrons. The fourth-order valence-corrected chi connectivity index (χ4v) is 5.38. The van der Waals surface area contributed by atoms with Crippen LogP contribution in [0.5, 0.6) is 0 Å². The highest BCUT2D eigenvalue weighted by Gasteiger charge is 2.17. The summed E-state index contributed by atoms with van der Waals surface area (Å²) in [5, 5.41) is 6.87. The highest BCUT2D eigenvalue weighted by Crippen LogP contribution is 2.35. The van der Waals surface area contributed by atoms with Gasteiger partial charge in [0.1, 0.15) is 5.69 Å². The van der Waals surface area contributed by atoms with Crippen LogP contribution in [0.3, 0.4) is 0 Å². The zero-order valence-corrected chi connectivity index (χ0v) is 18.8. The molecule has 0 saturated carbocycles. The normalized spacial score (nSPS) is 11.0. The van der Waals surface area contributed by atoms with Crippen LogP contribution in [0.1, 0.15) is 5.56 Å². The second-order valence-electron chi connectivity index (χ2n) is 6.94. The van der Waals surface area contributed by atoms with Gasteiger partial charge in [0.2, 0.25) is 0 Å². The first-order valence-corrected chi connectivity index (χ1v) is 11.8. The van der Waals surface area contributed by atoms with E-state index in [1.54, 1.807) is 22.0 Å². The van der Waals surface area contributed by atoms with Gasteiger partial charge in [-0.2, -0.15) is 5.10 Å². The van der Waals surface area contributed by atoms with Crippen molar-refractivity contribution in [1.82, 2.24) is 14.3 Å². The second-order valence-corrected chi connectivity index (χ2v) is 9.56. The van der Waals surface area contributed by atoms with Crippen LogP contribution in [0.25, 0.3) is 26.7 Å². The van der Waals surface area contributed by atoms with Crippen LogP contribution in [0.4, 0.5) is 0 Å². The predicted octanol–water partition coefficient (Wildman–Crippen LogP) is 6.27. The van der Waals surface area contributed by atoms with Crippen molar-refractivity contribution in [2.24, 2.45) is 0 Å². The van der Waals surface area contributed by atoms with Gasteiger partial charge in [-0.15, -0.1) is 22.7 Å². The first-order valence-electron chi connectivity index (χ1n) is 9.67. The summed E-state index contributed by atoms with van der Waals surface area (Å²) in [6.45, 7) is 0.469. The number of hydrogen-bond donors (Lipinski definition) is 0. The molecule has 0 aliphatic carbocycles. The molecule has 7 heteroatoms. The molecule has 0 saturated heterocycles. The van der Waals surface area contributed by atoms with Crippen molar-refractivity contribution in [2.45, 2.75) is 6.54 Å². The molecule has 31 heavy (non-hydrogen) atoms. The van der Waals surface area contributed by atoms with Crippen LogP contribution in [-0.4, -0.2) is 14.3 Å². The zero-order valence-electron chi connectivity index (χ0n) is 16.3. The molecule has 0 N–H and O–H groups in total. The third kappa shape index (κ3) is 4.07. The van der Waals surface area contributed by atoms with Crippen LogP contribution >= 0.6 is 34.9 Å². The van der Waals surface area contributed by atoms with E-state index in [9.17, 15) is 4.79 Å². The molecule has 3 aromatic heterocycles. The smallest absolute Gasteiger partial charge is 0.253 e. The lowest BCUT2D eigenvalue weighted by molar-refractivity contribution is 0.762. The average Bonchev–Trinajstić information content (AvgIpc) is 3.47. The highest BCUT2D eigenvalue weighted by atomic mass is 32.1. The SMILES string of the molecule is O=c1cc(-c2cn(-c3ccccc3)nc2-c2cccs2)sc(=S)n1Cc1ccccc1. The van der Waals surface area contributed by atoms with E-state index in [0.717, 1.165) is 32.3 Å². The van der Waals surface area contributed by atoms with E-state index in [1.807, 2.05) is 89.1 Å². The largest absolute Gasteiger partial charge is 0.287 e. The van der Waals surface area contributed by atoms with Gasteiger partial charge in [-0.1, -0.05) is 54.6 Å². The first kappa shape index (κ1) is 19.8. The Bertz CT molecular complexity index is 1400. The van der Waals surface area contributed by atoms with Gasteiger partial charge in [0.15, 0.2) is 3.95 Å². The Morgan fingerprint density at radius 3 is 2.32 bits per heavy atom. The summed E-state index contributed by atoms with van der Waals surface area (Å²) in [4.78, 5) is 14.9. The Morgan fingerprint density at radius 1 is 0.903 bits per heavy atom. The molecule has 4 nitrogen and oxygen atoms in total. The molecule has 0 aliphatic rings. The van der Waals surface area contributed by atoms with Gasteiger partial charge in [0.05, 0.1) is 17.1 Å². The van der Waals surface area contributed by atoms with Crippen LogP contribution in [0.2, 0.25) is 0 Å². The number of hydrogen-bond acceptors (Lipinski definition) is 5. The summed E-state index contributed by atoms with van der Waals surface area (Å²) in [6, 6.07) is 25.6. The standard InChI is InChI=1S/C24H17N3OS3/c28-22-14-21(31-24(29)26(22)15-17-8-3-1-4-9-17)19-16-27(18-10-5-2-6-11-18)25-23(19)20-12-7-13-30-20/h1-14,16H,15H2. The minimum Gasteiger partial charge on any atom is -0.287 e. The maximum absolute atomic E-state index is 13.0. The first-order chi connectivity index (χ1) is 15.2. The molecule has 5 aromatic rings. The van der Waals surface area contributed by atoms with Crippen molar-refractivity contribution >= 4 is 34.9 Å². The lowest BCUT2D eigenvalue weighted by Crippen LogP contribution is -2.19. The van der Waals surface area contributed by atoms with Gasteiger partial charge in [-0.3, -0.25) is 9.36 Å². The number of nitrogens with zero attached hydrogens (tertiary/aromatic N) is 3. The molecule has 0 fully saturated rings. The average molecular weight is 460 g/mol. The molecule has 0 bridgehead atoms. The number of thiophene rings is 1. The third-order valence-corrected chi connectivity index (χ3v) is 7.18. The third-order valence-electron chi connectivity index (χ3n) is 4.88. The molecular formula is C24H17N3OS3. The molecule has 0 aliphatic heterocycles. The van der Waals surface area contributed by atoms with E-state index in [4.69, 9.17) is 17.3 Å². The Balaban J connectivity index is 1.62. The highest BCUT2D eigenvalue weighted by molar-refractivity contribution is 7.73. The Morgan fingerprint density at radius 2 is 1.65 bits per heavy atom. The number of para-hydroxylation sites is 1. The number of aromatic nitrogens is 3. The lowest BCUT2D eigenvalue weighted by Gasteiger charge is -2.07. The van der Waals surface area contributed by atoms with Crippen molar-refractivity contribution in [3.8, 4) is 26.7 Å². The molecule has 0 unspecified atom stereocenters. The quantitative estimate of drug-likeness (QED) is 0.291. The molecule has 5 rings (SSSR count). The van der Waals surface area contributed by atoms with Gasteiger partial charge < -0.3 is 0 Å². The van der Waals surface area contributed by atoms with Gasteiger partial charge >= 0.3 is 0 Å². The van der Waals surface area contributed by atoms with Gasteiger partial charge in [0, 0.05) is 22.7 Å². The van der Waals surface area contributed by atoms with E-state index in [2.05, 4.69) is 0 Å². The van der Waals surface area contributed by atoms with Gasteiger partial charge in [-0.25, -0.2) is 4.68 Å². The maximum Gasteiger partial charge on any atom is 0.253 e. The summed E-state index contributed by atoms with van der Waals surface area (Å²) in [5.74, 6) is 0. The summed E-state index contributed by atoms with van der Waals surface area (Å²) in [6.07, 6.45) is 1.98. The summed E-state index contributed by atoms with van der Waals surface area (Å²) >= 11 is 8.69. The second kappa shape index (κ2) is 8.55. The van der Waals surface area contributed by atoms with E-state index in [0.29, 0.717) is 10.5 Å². The summed E-state index contributed by atoms with van der Waals surface area (Å²) < 4.78 is 4.05. The molecule has 0 atom stereocenters. The Hall–Kier alpha value is -3.13. The number of benzene rings is 2. The van der Waals surface area contributed by atoms with Crippen molar-refractivity contribution in [2.75, 3.05) is 0 Å². The van der Waals surface area contributed by atoms with Crippen molar-refractivity contribution < 1.29 is 0 Å². The zero-order chi connectivity index (χ0) is 21.2. The van der Waals surface area contributed by atoms with Crippen LogP contribution < -0.4 is 5.56 Å². The molecule has 2 aromatic carbocycles. The van der Waals surface area contributed by atoms with Crippen molar-refractivity contribution in [3.63, 3.8) is 0 Å². The maximum atomic E-state index is 13.0. The summed E-state index contributed by atoms with van der Waals surface area (Å²) in [7, 11) is 0. The van der Waals surface area contributed by atoms with Crippen LogP contribution in [0, 0.1) is 3.95 Å². The van der Waals surface area contributed by atoms with Crippen molar-refractivity contribution in [1.29, 1.82) is 0 Å². The Labute approximate surface area is 192 Å². The van der Waals surface area contributed by atoms with E-state index in [-0.39, 0.29) is 5.56 Å². The van der Waals surface area contributed by atoms with Gasteiger partial charge in [-0.05, 0) is 41.4 Å². The fourth-order valence-electron chi connectivity index (χ4n) is 3.36. The minimum absolute atomic E-state index is 0.104. The fraction of sp³-hybridized carbons (Fsp3) is 0.0417. The predicted molar refractivity (Wildman–Crippen MR) is 131 cm³/mol. The van der Waals surface area contributed by atoms with Crippen LogP contribution in [0.15, 0.2) is 95.2 Å². The van der Waals surface area contributed by atoms with Crippen molar-refractivity contribution in [3.05, 3.63) is 110 Å². The number of rotatable bonds is 5. The van der Waals surface area contributed by atoms with E-state index >= 15 is 0 Å². The Kier molecular flexibility index (Phi) is 5.46. The summed E-state index contributed by atoms with van der Waals surface area (Å²) in [5.41, 5.74) is 3.67. The molecule has 3 heterocycles. The van der Waals surface area contributed by atoms with E-state index < -0.39 is 0 Å². The minimum atomic E-state index is -0.104.